The van der Waals surface area contributed by atoms with Crippen molar-refractivity contribution in [3.05, 3.63) is 76.6 Å². The number of benzene rings is 2. The van der Waals surface area contributed by atoms with Gasteiger partial charge in [-0.2, -0.15) is 0 Å². The van der Waals surface area contributed by atoms with Crippen LogP contribution in [-0.2, 0) is 6.42 Å². The van der Waals surface area contributed by atoms with Crippen molar-refractivity contribution in [1.29, 1.82) is 0 Å². The van der Waals surface area contributed by atoms with Crippen LogP contribution in [0, 0.1) is 5.82 Å². The van der Waals surface area contributed by atoms with E-state index in [9.17, 15) is 9.18 Å². The zero-order valence-electron chi connectivity index (χ0n) is 14.2. The van der Waals surface area contributed by atoms with Crippen molar-refractivity contribution in [2.75, 3.05) is 14.2 Å². The highest BCUT2D eigenvalue weighted by Crippen LogP contribution is 2.32. The molecular weight excluding hydrogens is 359 g/mol. The first-order valence-corrected chi connectivity index (χ1v) is 8.13. The fourth-order valence-corrected chi connectivity index (χ4v) is 2.87. The second kappa shape index (κ2) is 7.58. The van der Waals surface area contributed by atoms with Crippen LogP contribution in [0.5, 0.6) is 11.5 Å². The zero-order chi connectivity index (χ0) is 18.7. The first-order valence-electron chi connectivity index (χ1n) is 7.75. The first-order chi connectivity index (χ1) is 12.5. The van der Waals surface area contributed by atoms with Gasteiger partial charge >= 0.3 is 0 Å². The van der Waals surface area contributed by atoms with E-state index >= 15 is 0 Å². The lowest BCUT2D eigenvalue weighted by Crippen LogP contribution is -2.12. The minimum atomic E-state index is -0.491. The average Bonchev–Trinajstić information content (AvgIpc) is 3.19. The molecule has 0 fully saturated rings. The van der Waals surface area contributed by atoms with E-state index in [-0.39, 0.29) is 17.4 Å². The lowest BCUT2D eigenvalue weighted by atomic mass is 10.00. The van der Waals surface area contributed by atoms with Crippen LogP contribution in [0.4, 0.5) is 4.39 Å². The van der Waals surface area contributed by atoms with Crippen LogP contribution in [0.3, 0.4) is 0 Å². The predicted molar refractivity (Wildman–Crippen MR) is 95.7 cm³/mol. The highest BCUT2D eigenvalue weighted by molar-refractivity contribution is 6.30. The Labute approximate surface area is 155 Å². The van der Waals surface area contributed by atoms with E-state index in [0.717, 1.165) is 0 Å². The molecule has 0 aliphatic rings. The molecule has 0 amide bonds. The summed E-state index contributed by atoms with van der Waals surface area (Å²) in [5.74, 6) is 0.0450. The van der Waals surface area contributed by atoms with E-state index in [1.165, 1.54) is 37.4 Å². The zero-order valence-corrected chi connectivity index (χ0v) is 15.0. The van der Waals surface area contributed by atoms with Crippen molar-refractivity contribution in [1.82, 2.24) is 9.55 Å². The van der Waals surface area contributed by atoms with Gasteiger partial charge in [-0.1, -0.05) is 23.7 Å². The van der Waals surface area contributed by atoms with Gasteiger partial charge in [-0.3, -0.25) is 9.36 Å². The van der Waals surface area contributed by atoms with Crippen LogP contribution >= 0.6 is 11.6 Å². The molecule has 0 radical (unpaired) electrons. The Balaban J connectivity index is 2.08. The van der Waals surface area contributed by atoms with E-state index in [1.807, 2.05) is 0 Å². The molecule has 5 nitrogen and oxygen atoms in total. The molecule has 0 saturated carbocycles. The Kier molecular flexibility index (Phi) is 5.23. The van der Waals surface area contributed by atoms with Crippen LogP contribution in [0.15, 0.2) is 49.1 Å². The van der Waals surface area contributed by atoms with Crippen LogP contribution in [0.2, 0.25) is 5.02 Å². The van der Waals surface area contributed by atoms with Gasteiger partial charge in [0.05, 0.1) is 24.8 Å². The normalized spacial score (nSPS) is 10.6. The molecule has 0 unspecified atom stereocenters. The molecule has 1 aromatic heterocycles. The predicted octanol–water partition coefficient (Wildman–Crippen LogP) is 3.97. The highest BCUT2D eigenvalue weighted by atomic mass is 35.5. The molecule has 0 aliphatic carbocycles. The number of hydrogen-bond acceptors (Lipinski definition) is 4. The number of ether oxygens (including phenoxy) is 2. The summed E-state index contributed by atoms with van der Waals surface area (Å²) in [5, 5.41) is 0.0460. The number of methoxy groups -OCH3 is 2. The molecule has 0 saturated heterocycles. The third-order valence-electron chi connectivity index (χ3n) is 3.98. The van der Waals surface area contributed by atoms with Crippen LogP contribution < -0.4 is 9.47 Å². The van der Waals surface area contributed by atoms with Gasteiger partial charge in [-0.05, 0) is 23.3 Å². The fraction of sp³-hybridized carbons (Fsp3) is 0.158. The summed E-state index contributed by atoms with van der Waals surface area (Å²) in [6.45, 7) is 0. The molecule has 0 spiro atoms. The van der Waals surface area contributed by atoms with Crippen molar-refractivity contribution < 1.29 is 18.7 Å². The van der Waals surface area contributed by atoms with Crippen molar-refractivity contribution in [2.24, 2.45) is 0 Å². The maximum Gasteiger partial charge on any atom is 0.266 e. The molecular formula is C19H16ClFN2O3. The molecule has 7 heteroatoms. The Morgan fingerprint density at radius 1 is 1.19 bits per heavy atom. The van der Waals surface area contributed by atoms with Gasteiger partial charge in [0.1, 0.15) is 23.6 Å². The second-order valence-electron chi connectivity index (χ2n) is 5.53. The molecule has 0 N–H and O–H groups in total. The van der Waals surface area contributed by atoms with Gasteiger partial charge in [-0.25, -0.2) is 9.37 Å². The van der Waals surface area contributed by atoms with E-state index in [0.29, 0.717) is 28.2 Å². The molecule has 0 atom stereocenters. The van der Waals surface area contributed by atoms with Gasteiger partial charge in [0.2, 0.25) is 0 Å². The number of nitrogens with zero attached hydrogens (tertiary/aromatic N) is 2. The smallest absolute Gasteiger partial charge is 0.266 e. The van der Waals surface area contributed by atoms with E-state index in [2.05, 4.69) is 4.98 Å². The molecule has 2 aromatic carbocycles. The summed E-state index contributed by atoms with van der Waals surface area (Å²) in [5.41, 5.74) is 1.36. The van der Waals surface area contributed by atoms with Gasteiger partial charge in [-0.15, -0.1) is 0 Å². The maximum absolute atomic E-state index is 14.3. The van der Waals surface area contributed by atoms with Crippen molar-refractivity contribution in [2.45, 2.75) is 6.42 Å². The molecule has 26 heavy (non-hydrogen) atoms. The third-order valence-corrected chi connectivity index (χ3v) is 4.28. The second-order valence-corrected chi connectivity index (χ2v) is 5.94. The van der Waals surface area contributed by atoms with Crippen LogP contribution in [-0.4, -0.2) is 29.7 Å². The molecule has 3 aromatic rings. The number of imidazole rings is 1. The quantitative estimate of drug-likeness (QED) is 0.678. The number of aromatic nitrogens is 2. The van der Waals surface area contributed by atoms with E-state index in [1.54, 1.807) is 30.5 Å². The summed E-state index contributed by atoms with van der Waals surface area (Å²) < 4.78 is 26.3. The van der Waals surface area contributed by atoms with Crippen molar-refractivity contribution in [3.63, 3.8) is 0 Å². The fourth-order valence-electron chi connectivity index (χ4n) is 2.68. The van der Waals surface area contributed by atoms with Gasteiger partial charge < -0.3 is 9.47 Å². The number of rotatable bonds is 5. The number of carbonyl (C=O) groups is 1. The van der Waals surface area contributed by atoms with Gasteiger partial charge in [0, 0.05) is 24.9 Å². The van der Waals surface area contributed by atoms with E-state index < -0.39 is 5.82 Å². The van der Waals surface area contributed by atoms with Crippen LogP contribution in [0.1, 0.15) is 21.5 Å². The SMILES string of the molecule is COc1cc(OC)c(C(=O)n2ccnc2)cc1Cc1cccc(Cl)c1F. The molecule has 1 heterocycles. The summed E-state index contributed by atoms with van der Waals surface area (Å²) in [6.07, 6.45) is 4.67. The average molecular weight is 375 g/mol. The molecule has 3 rings (SSSR count). The minimum Gasteiger partial charge on any atom is -0.496 e. The van der Waals surface area contributed by atoms with Crippen molar-refractivity contribution in [3.8, 4) is 11.5 Å². The summed E-state index contributed by atoms with van der Waals surface area (Å²) in [6, 6.07) is 8.05. The number of halogens is 2. The monoisotopic (exact) mass is 374 g/mol. The van der Waals surface area contributed by atoms with Gasteiger partial charge in [0.25, 0.3) is 5.91 Å². The third kappa shape index (κ3) is 3.41. The Bertz CT molecular complexity index is 942. The van der Waals surface area contributed by atoms with Gasteiger partial charge in [0.15, 0.2) is 0 Å². The lowest BCUT2D eigenvalue weighted by molar-refractivity contribution is 0.0956. The minimum absolute atomic E-state index is 0.0460. The first kappa shape index (κ1) is 17.9. The summed E-state index contributed by atoms with van der Waals surface area (Å²) in [4.78, 5) is 16.6. The Morgan fingerprint density at radius 3 is 2.62 bits per heavy atom. The lowest BCUT2D eigenvalue weighted by Gasteiger charge is -2.15. The molecule has 134 valence electrons. The Morgan fingerprint density at radius 2 is 1.96 bits per heavy atom. The summed E-state index contributed by atoms with van der Waals surface area (Å²) >= 11 is 5.86. The number of carbonyl (C=O) groups excluding carboxylic acids is 1. The Hall–Kier alpha value is -2.86. The standard InChI is InChI=1S/C19H16ClFN2O3/c1-25-16-10-17(26-2)14(19(24)23-7-6-22-11-23)9-13(16)8-12-4-3-5-15(20)18(12)21/h3-7,9-11H,8H2,1-2H3. The highest BCUT2D eigenvalue weighted by Gasteiger charge is 2.19. The van der Waals surface area contributed by atoms with Crippen LogP contribution in [0.25, 0.3) is 0 Å². The molecule has 0 bridgehead atoms. The topological polar surface area (TPSA) is 53.4 Å². The summed E-state index contributed by atoms with van der Waals surface area (Å²) in [7, 11) is 2.97. The largest absolute Gasteiger partial charge is 0.496 e. The number of hydrogen-bond donors (Lipinski definition) is 0. The van der Waals surface area contributed by atoms with Crippen molar-refractivity contribution >= 4 is 17.5 Å². The van der Waals surface area contributed by atoms with E-state index in [4.69, 9.17) is 21.1 Å². The molecule has 0 aliphatic heterocycles. The maximum atomic E-state index is 14.3.